The minimum Gasteiger partial charge on any atom is -0.307 e. The van der Waals surface area contributed by atoms with Gasteiger partial charge in [-0.3, -0.25) is 9.97 Å². The number of para-hydroxylation sites is 2. The first kappa shape index (κ1) is 19.4. The molecule has 0 aliphatic heterocycles. The lowest BCUT2D eigenvalue weighted by molar-refractivity contribution is 1.15. The molecular formula is C32H20N4. The van der Waals surface area contributed by atoms with Crippen molar-refractivity contribution in [2.75, 3.05) is 0 Å². The third-order valence-electron chi connectivity index (χ3n) is 7.18. The first-order valence-electron chi connectivity index (χ1n) is 12.1. The summed E-state index contributed by atoms with van der Waals surface area (Å²) in [5.74, 6) is 0. The normalized spacial score (nSPS) is 11.9. The number of pyridine rings is 2. The second-order valence-electron chi connectivity index (χ2n) is 9.11. The molecule has 0 bridgehead atoms. The number of hydrogen-bond donors (Lipinski definition) is 0. The average Bonchev–Trinajstić information content (AvgIpc) is 3.46. The summed E-state index contributed by atoms with van der Waals surface area (Å²) in [6.07, 6.45) is 3.87. The Kier molecular flexibility index (Phi) is 3.91. The summed E-state index contributed by atoms with van der Waals surface area (Å²) in [6, 6.07) is 38.4. The van der Waals surface area contributed by atoms with Crippen LogP contribution in [-0.2, 0) is 0 Å². The first-order valence-corrected chi connectivity index (χ1v) is 12.1. The average molecular weight is 461 g/mol. The molecule has 4 nitrogen and oxygen atoms in total. The van der Waals surface area contributed by atoms with Crippen LogP contribution in [0.15, 0.2) is 122 Å². The van der Waals surface area contributed by atoms with E-state index in [0.29, 0.717) is 0 Å². The van der Waals surface area contributed by atoms with Crippen molar-refractivity contribution in [2.24, 2.45) is 0 Å². The topological polar surface area (TPSA) is 35.6 Å². The Labute approximate surface area is 206 Å². The van der Waals surface area contributed by atoms with Crippen LogP contribution < -0.4 is 0 Å². The van der Waals surface area contributed by atoms with Crippen molar-refractivity contribution in [2.45, 2.75) is 0 Å². The van der Waals surface area contributed by atoms with Gasteiger partial charge in [-0.15, -0.1) is 0 Å². The van der Waals surface area contributed by atoms with Crippen molar-refractivity contribution in [3.8, 4) is 11.4 Å². The molecule has 4 heterocycles. The highest BCUT2D eigenvalue weighted by atomic mass is 15.1. The third kappa shape index (κ3) is 2.53. The molecule has 168 valence electrons. The second-order valence-corrected chi connectivity index (χ2v) is 9.11. The van der Waals surface area contributed by atoms with Gasteiger partial charge in [0.1, 0.15) is 11.0 Å². The van der Waals surface area contributed by atoms with E-state index in [1.165, 1.54) is 16.2 Å². The van der Waals surface area contributed by atoms with Gasteiger partial charge in [0.15, 0.2) is 0 Å². The second kappa shape index (κ2) is 7.27. The number of benzene rings is 4. The highest BCUT2D eigenvalue weighted by Crippen LogP contribution is 2.40. The minimum atomic E-state index is 0.908. The lowest BCUT2D eigenvalue weighted by atomic mass is 10.1. The molecule has 0 aliphatic rings. The Morgan fingerprint density at radius 1 is 0.472 bits per heavy atom. The summed E-state index contributed by atoms with van der Waals surface area (Å²) >= 11 is 0. The monoisotopic (exact) mass is 460 g/mol. The fourth-order valence-corrected chi connectivity index (χ4v) is 5.70. The van der Waals surface area contributed by atoms with Crippen LogP contribution in [0.1, 0.15) is 0 Å². The highest BCUT2D eigenvalue weighted by molar-refractivity contribution is 6.21. The number of fused-ring (bicyclic) bond motifs is 8. The largest absolute Gasteiger partial charge is 0.307 e. The summed E-state index contributed by atoms with van der Waals surface area (Å²) in [7, 11) is 0. The maximum absolute atomic E-state index is 5.02. The van der Waals surface area contributed by atoms with E-state index in [9.17, 15) is 0 Å². The first-order chi connectivity index (χ1) is 17.9. The van der Waals surface area contributed by atoms with Gasteiger partial charge in [-0.25, -0.2) is 0 Å². The summed E-state index contributed by atoms with van der Waals surface area (Å²) in [4.78, 5) is 9.83. The van der Waals surface area contributed by atoms with Gasteiger partial charge in [0.05, 0.1) is 27.8 Å². The molecule has 4 aromatic carbocycles. The van der Waals surface area contributed by atoms with Crippen LogP contribution in [0.25, 0.3) is 66.0 Å². The van der Waals surface area contributed by atoms with E-state index < -0.39 is 0 Å². The van der Waals surface area contributed by atoms with Crippen LogP contribution in [0.3, 0.4) is 0 Å². The van der Waals surface area contributed by atoms with Crippen molar-refractivity contribution >= 4 is 54.6 Å². The van der Waals surface area contributed by atoms with Crippen LogP contribution in [0.5, 0.6) is 0 Å². The van der Waals surface area contributed by atoms with Crippen molar-refractivity contribution in [3.63, 3.8) is 0 Å². The van der Waals surface area contributed by atoms with Gasteiger partial charge in [-0.05, 0) is 41.8 Å². The SMILES string of the molecule is c1ccc(-n2c3ccccc3c3cnc4c5ncccc5n(-c5cccc6ccccc56)c4c32)cc1. The molecule has 0 aliphatic carbocycles. The van der Waals surface area contributed by atoms with Gasteiger partial charge in [-0.2, -0.15) is 0 Å². The summed E-state index contributed by atoms with van der Waals surface area (Å²) in [6.45, 7) is 0. The Balaban J connectivity index is 1.68. The lowest BCUT2D eigenvalue weighted by Gasteiger charge is -2.13. The van der Waals surface area contributed by atoms with Crippen LogP contribution in [-0.4, -0.2) is 19.1 Å². The van der Waals surface area contributed by atoms with Crippen LogP contribution in [0.4, 0.5) is 0 Å². The highest BCUT2D eigenvalue weighted by Gasteiger charge is 2.23. The van der Waals surface area contributed by atoms with Crippen molar-refractivity contribution < 1.29 is 0 Å². The minimum absolute atomic E-state index is 0.908. The number of hydrogen-bond acceptors (Lipinski definition) is 2. The lowest BCUT2D eigenvalue weighted by Crippen LogP contribution is -1.99. The molecule has 0 spiro atoms. The van der Waals surface area contributed by atoms with Gasteiger partial charge in [0.2, 0.25) is 0 Å². The maximum Gasteiger partial charge on any atom is 0.117 e. The van der Waals surface area contributed by atoms with E-state index in [0.717, 1.165) is 49.9 Å². The molecule has 4 aromatic heterocycles. The predicted molar refractivity (Wildman–Crippen MR) is 148 cm³/mol. The summed E-state index contributed by atoms with van der Waals surface area (Å²) in [5.41, 5.74) is 8.48. The van der Waals surface area contributed by atoms with E-state index in [4.69, 9.17) is 9.97 Å². The Morgan fingerprint density at radius 2 is 1.22 bits per heavy atom. The Morgan fingerprint density at radius 3 is 2.14 bits per heavy atom. The van der Waals surface area contributed by atoms with Gasteiger partial charge < -0.3 is 9.13 Å². The van der Waals surface area contributed by atoms with E-state index in [1.807, 2.05) is 18.5 Å². The molecule has 0 unspecified atom stereocenters. The van der Waals surface area contributed by atoms with Gasteiger partial charge >= 0.3 is 0 Å². The van der Waals surface area contributed by atoms with Crippen molar-refractivity contribution in [3.05, 3.63) is 122 Å². The molecule has 36 heavy (non-hydrogen) atoms. The predicted octanol–water partition coefficient (Wildman–Crippen LogP) is 7.82. The fraction of sp³-hybridized carbons (Fsp3) is 0. The zero-order valence-electron chi connectivity index (χ0n) is 19.3. The van der Waals surface area contributed by atoms with E-state index in [-0.39, 0.29) is 0 Å². The van der Waals surface area contributed by atoms with Gasteiger partial charge in [0.25, 0.3) is 0 Å². The molecule has 0 N–H and O–H groups in total. The van der Waals surface area contributed by atoms with Crippen LogP contribution >= 0.6 is 0 Å². The molecule has 0 saturated heterocycles. The quantitative estimate of drug-likeness (QED) is 0.264. The van der Waals surface area contributed by atoms with Gasteiger partial charge in [-0.1, -0.05) is 72.8 Å². The smallest absolute Gasteiger partial charge is 0.117 e. The molecule has 8 aromatic rings. The van der Waals surface area contributed by atoms with Crippen molar-refractivity contribution in [1.29, 1.82) is 0 Å². The summed E-state index contributed by atoms with van der Waals surface area (Å²) in [5, 5.41) is 4.72. The zero-order valence-corrected chi connectivity index (χ0v) is 19.3. The van der Waals surface area contributed by atoms with E-state index in [2.05, 4.69) is 112 Å². The molecule has 0 amide bonds. The van der Waals surface area contributed by atoms with Gasteiger partial charge in [0, 0.05) is 34.2 Å². The molecule has 0 fully saturated rings. The van der Waals surface area contributed by atoms with Crippen LogP contribution in [0.2, 0.25) is 0 Å². The molecule has 4 heteroatoms. The Bertz CT molecular complexity index is 2090. The van der Waals surface area contributed by atoms with Crippen molar-refractivity contribution in [1.82, 2.24) is 19.1 Å². The fourth-order valence-electron chi connectivity index (χ4n) is 5.70. The standard InChI is InChI=1S/C32H20N4/c1-2-12-22(13-3-1)35-27-16-7-6-15-24(27)25-20-34-30-29-28(18-9-19-33-29)36(32(30)31(25)35)26-17-8-11-21-10-4-5-14-23(21)26/h1-20H. The van der Waals surface area contributed by atoms with E-state index >= 15 is 0 Å². The number of aromatic nitrogens is 4. The number of nitrogens with zero attached hydrogens (tertiary/aromatic N) is 4. The molecule has 0 atom stereocenters. The molecule has 0 radical (unpaired) electrons. The number of rotatable bonds is 2. The van der Waals surface area contributed by atoms with E-state index in [1.54, 1.807) is 0 Å². The van der Waals surface area contributed by atoms with Crippen LogP contribution in [0, 0.1) is 0 Å². The maximum atomic E-state index is 5.02. The third-order valence-corrected chi connectivity index (χ3v) is 7.18. The Hall–Kier alpha value is -4.96. The molecular weight excluding hydrogens is 440 g/mol. The molecule has 0 saturated carbocycles. The zero-order chi connectivity index (χ0) is 23.6. The summed E-state index contributed by atoms with van der Waals surface area (Å²) < 4.78 is 4.73. The molecule has 8 rings (SSSR count).